The Bertz CT molecular complexity index is 1030. The predicted molar refractivity (Wildman–Crippen MR) is 117 cm³/mol. The van der Waals surface area contributed by atoms with Gasteiger partial charge in [0.2, 0.25) is 0 Å². The first-order chi connectivity index (χ1) is 14.3. The number of rotatable bonds is 9. The molecule has 1 unspecified atom stereocenters. The minimum atomic E-state index is 0.595. The van der Waals surface area contributed by atoms with E-state index >= 15 is 0 Å². The van der Waals surface area contributed by atoms with Gasteiger partial charge in [0.1, 0.15) is 5.75 Å². The number of fused-ring (bicyclic) bond motifs is 1. The van der Waals surface area contributed by atoms with Crippen molar-refractivity contribution in [3.8, 4) is 17.3 Å². The number of hydrogen-bond acceptors (Lipinski definition) is 3. The van der Waals surface area contributed by atoms with Crippen molar-refractivity contribution in [2.75, 3.05) is 6.61 Å². The third-order valence-electron chi connectivity index (χ3n) is 5.50. The van der Waals surface area contributed by atoms with Gasteiger partial charge >= 0.3 is 0 Å². The Morgan fingerprint density at radius 1 is 1.00 bits per heavy atom. The van der Waals surface area contributed by atoms with Crippen LogP contribution in [0, 0.1) is 0 Å². The van der Waals surface area contributed by atoms with Crippen molar-refractivity contribution in [1.29, 1.82) is 0 Å². The summed E-state index contributed by atoms with van der Waals surface area (Å²) in [7, 11) is 0. The van der Waals surface area contributed by atoms with Crippen LogP contribution in [0.2, 0.25) is 0 Å². The zero-order valence-electron chi connectivity index (χ0n) is 17.2. The fourth-order valence-electron chi connectivity index (χ4n) is 3.59. The molecule has 150 valence electrons. The summed E-state index contributed by atoms with van der Waals surface area (Å²) in [4.78, 5) is 4.77. The topological polar surface area (TPSA) is 40.2 Å². The molecule has 0 amide bonds. The molecule has 0 fully saturated rings. The van der Waals surface area contributed by atoms with Gasteiger partial charge in [-0.15, -0.1) is 0 Å². The summed E-state index contributed by atoms with van der Waals surface area (Å²) >= 11 is 0. The minimum Gasteiger partial charge on any atom is -0.494 e. The second kappa shape index (κ2) is 8.99. The number of aryl methyl sites for hydroxylation is 1. The van der Waals surface area contributed by atoms with Crippen LogP contribution < -0.4 is 4.74 Å². The molecule has 4 heteroatoms. The van der Waals surface area contributed by atoms with Gasteiger partial charge < -0.3 is 13.7 Å². The van der Waals surface area contributed by atoms with Crippen molar-refractivity contribution in [3.05, 3.63) is 72.5 Å². The lowest BCUT2D eigenvalue weighted by molar-refractivity contribution is 0.303. The zero-order chi connectivity index (χ0) is 20.1. The molecule has 0 aliphatic heterocycles. The van der Waals surface area contributed by atoms with E-state index in [1.807, 2.05) is 24.3 Å². The van der Waals surface area contributed by atoms with Gasteiger partial charge in [0.25, 0.3) is 0 Å². The molecule has 0 saturated carbocycles. The Kier molecular flexibility index (Phi) is 5.99. The summed E-state index contributed by atoms with van der Waals surface area (Å²) in [5.41, 5.74) is 3.51. The van der Waals surface area contributed by atoms with Crippen LogP contribution in [0.15, 0.2) is 71.3 Å². The number of hydrogen-bond donors (Lipinski definition) is 0. The van der Waals surface area contributed by atoms with Gasteiger partial charge in [-0.05, 0) is 67.1 Å². The van der Waals surface area contributed by atoms with Crippen LogP contribution in [-0.2, 0) is 6.54 Å². The van der Waals surface area contributed by atoms with E-state index in [9.17, 15) is 0 Å². The van der Waals surface area contributed by atoms with Gasteiger partial charge in [0.15, 0.2) is 11.6 Å². The highest BCUT2D eigenvalue weighted by molar-refractivity contribution is 5.79. The average molecular weight is 389 g/mol. The standard InChI is InChI=1S/C25H28N2O2/c1-3-19(2)20-12-14-21(15-13-20)28-17-7-6-16-27-23-10-5-4-9-22(23)26-25(27)24-11-8-18-29-24/h4-5,8-15,18-19H,3,6-7,16-17H2,1-2H3. The SMILES string of the molecule is CCC(C)c1ccc(OCCCCn2c(-c3ccco3)nc3ccccc32)cc1. The molecule has 0 bridgehead atoms. The lowest BCUT2D eigenvalue weighted by Crippen LogP contribution is -2.04. The van der Waals surface area contributed by atoms with E-state index in [1.54, 1.807) is 6.26 Å². The third-order valence-corrected chi connectivity index (χ3v) is 5.50. The van der Waals surface area contributed by atoms with Crippen LogP contribution in [0.5, 0.6) is 5.75 Å². The maximum absolute atomic E-state index is 5.94. The first-order valence-corrected chi connectivity index (χ1v) is 10.5. The Morgan fingerprint density at radius 3 is 2.59 bits per heavy atom. The summed E-state index contributed by atoms with van der Waals surface area (Å²) in [5.74, 6) is 3.23. The molecule has 4 nitrogen and oxygen atoms in total. The first-order valence-electron chi connectivity index (χ1n) is 10.5. The summed E-state index contributed by atoms with van der Waals surface area (Å²) in [5, 5.41) is 0. The Morgan fingerprint density at radius 2 is 1.83 bits per heavy atom. The Balaban J connectivity index is 1.35. The number of unbranched alkanes of at least 4 members (excludes halogenated alkanes) is 1. The number of furan rings is 1. The van der Waals surface area contributed by atoms with Gasteiger partial charge in [0, 0.05) is 6.54 Å². The van der Waals surface area contributed by atoms with Crippen LogP contribution in [0.1, 0.15) is 44.6 Å². The van der Waals surface area contributed by atoms with Crippen molar-refractivity contribution < 1.29 is 9.15 Å². The lowest BCUT2D eigenvalue weighted by Gasteiger charge is -2.11. The summed E-state index contributed by atoms with van der Waals surface area (Å²) in [6.07, 6.45) is 4.85. The molecule has 2 aromatic carbocycles. The molecule has 0 spiro atoms. The summed E-state index contributed by atoms with van der Waals surface area (Å²) in [6.45, 7) is 6.07. The number of aromatic nitrogens is 2. The van der Waals surface area contributed by atoms with Gasteiger partial charge in [-0.1, -0.05) is 38.1 Å². The number of nitrogens with zero attached hydrogens (tertiary/aromatic N) is 2. The molecule has 0 aliphatic rings. The molecule has 2 aromatic heterocycles. The van der Waals surface area contributed by atoms with E-state index in [1.165, 1.54) is 5.56 Å². The molecule has 1 atom stereocenters. The monoisotopic (exact) mass is 388 g/mol. The average Bonchev–Trinajstić information content (AvgIpc) is 3.41. The van der Waals surface area contributed by atoms with E-state index in [0.29, 0.717) is 12.5 Å². The van der Waals surface area contributed by atoms with Gasteiger partial charge in [-0.25, -0.2) is 4.98 Å². The number of para-hydroxylation sites is 2. The highest BCUT2D eigenvalue weighted by Gasteiger charge is 2.14. The van der Waals surface area contributed by atoms with Crippen LogP contribution in [0.25, 0.3) is 22.6 Å². The first kappa shape index (κ1) is 19.3. The maximum Gasteiger partial charge on any atom is 0.177 e. The number of ether oxygens (including phenoxy) is 1. The highest BCUT2D eigenvalue weighted by Crippen LogP contribution is 2.26. The molecule has 4 aromatic rings. The van der Waals surface area contributed by atoms with Crippen molar-refractivity contribution in [2.45, 2.75) is 45.6 Å². The fourth-order valence-corrected chi connectivity index (χ4v) is 3.59. The van der Waals surface area contributed by atoms with E-state index in [-0.39, 0.29) is 0 Å². The second-order valence-corrected chi connectivity index (χ2v) is 7.49. The van der Waals surface area contributed by atoms with Crippen LogP contribution in [0.4, 0.5) is 0 Å². The van der Waals surface area contributed by atoms with E-state index in [4.69, 9.17) is 14.1 Å². The van der Waals surface area contributed by atoms with E-state index in [2.05, 4.69) is 54.8 Å². The molecule has 4 rings (SSSR count). The number of benzene rings is 2. The molecule has 29 heavy (non-hydrogen) atoms. The fraction of sp³-hybridized carbons (Fsp3) is 0.320. The molecule has 0 aliphatic carbocycles. The van der Waals surface area contributed by atoms with E-state index < -0.39 is 0 Å². The maximum atomic E-state index is 5.94. The Labute approximate surface area is 172 Å². The predicted octanol–water partition coefficient (Wildman–Crippen LogP) is 6.67. The normalized spacial score (nSPS) is 12.3. The van der Waals surface area contributed by atoms with Crippen LogP contribution >= 0.6 is 0 Å². The summed E-state index contributed by atoms with van der Waals surface area (Å²) in [6, 6.07) is 20.6. The zero-order valence-corrected chi connectivity index (χ0v) is 17.2. The minimum absolute atomic E-state index is 0.595. The van der Waals surface area contributed by atoms with Crippen molar-refractivity contribution in [1.82, 2.24) is 9.55 Å². The molecule has 0 saturated heterocycles. The molecular formula is C25H28N2O2. The Hall–Kier alpha value is -3.01. The van der Waals surface area contributed by atoms with Crippen LogP contribution in [0.3, 0.4) is 0 Å². The van der Waals surface area contributed by atoms with Crippen molar-refractivity contribution >= 4 is 11.0 Å². The second-order valence-electron chi connectivity index (χ2n) is 7.49. The van der Waals surface area contributed by atoms with Gasteiger partial charge in [-0.2, -0.15) is 0 Å². The molecule has 0 radical (unpaired) electrons. The quantitative estimate of drug-likeness (QED) is 0.301. The lowest BCUT2D eigenvalue weighted by atomic mass is 9.99. The largest absolute Gasteiger partial charge is 0.494 e. The smallest absolute Gasteiger partial charge is 0.177 e. The molecule has 2 heterocycles. The molecule has 0 N–H and O–H groups in total. The van der Waals surface area contributed by atoms with Crippen LogP contribution in [-0.4, -0.2) is 16.2 Å². The van der Waals surface area contributed by atoms with Gasteiger partial charge in [0.05, 0.1) is 23.9 Å². The van der Waals surface area contributed by atoms with Crippen molar-refractivity contribution in [2.24, 2.45) is 0 Å². The molecular weight excluding hydrogens is 360 g/mol. The van der Waals surface area contributed by atoms with Gasteiger partial charge in [-0.3, -0.25) is 0 Å². The summed E-state index contributed by atoms with van der Waals surface area (Å²) < 4.78 is 13.8. The van der Waals surface area contributed by atoms with Crippen molar-refractivity contribution in [3.63, 3.8) is 0 Å². The van der Waals surface area contributed by atoms with E-state index in [0.717, 1.165) is 54.2 Å². The highest BCUT2D eigenvalue weighted by atomic mass is 16.5. The third kappa shape index (κ3) is 4.37. The number of imidazole rings is 1.